The fourth-order valence-corrected chi connectivity index (χ4v) is 8.28. The molecule has 6 heteroatoms. The number of carbonyl (C=O) groups is 3. The van der Waals surface area contributed by atoms with E-state index in [0.717, 1.165) is 135 Å². The summed E-state index contributed by atoms with van der Waals surface area (Å²) in [6.45, 7) is 6.41. The molecule has 0 aliphatic heterocycles. The monoisotopic (exact) mass is 1010 g/mol. The highest BCUT2D eigenvalue weighted by molar-refractivity contribution is 5.71. The molecule has 0 rings (SSSR count). The number of carbonyl (C=O) groups excluding carboxylic acids is 3. The first-order valence-electron chi connectivity index (χ1n) is 30.4. The van der Waals surface area contributed by atoms with Gasteiger partial charge in [-0.2, -0.15) is 0 Å². The van der Waals surface area contributed by atoms with Gasteiger partial charge in [-0.25, -0.2) is 0 Å². The summed E-state index contributed by atoms with van der Waals surface area (Å²) < 4.78 is 16.9. The summed E-state index contributed by atoms with van der Waals surface area (Å²) in [5, 5.41) is 0. The topological polar surface area (TPSA) is 78.9 Å². The van der Waals surface area contributed by atoms with E-state index in [1.807, 2.05) is 0 Å². The van der Waals surface area contributed by atoms with Crippen LogP contribution < -0.4 is 0 Å². The minimum absolute atomic E-state index is 0.0867. The Morgan fingerprint density at radius 2 is 0.534 bits per heavy atom. The molecule has 0 fully saturated rings. The van der Waals surface area contributed by atoms with Crippen LogP contribution in [0.1, 0.15) is 278 Å². The van der Waals surface area contributed by atoms with Crippen molar-refractivity contribution in [3.63, 3.8) is 0 Å². The SMILES string of the molecule is CC/C=C\C/C=C\C/C=C\C/C=C\C/C=C\CCCCCCCCCC(=O)OCC(COC(=O)CCCCCCCCCCCCCCC)OC(=O)CCCCCCCC/C=C\C/C=C\C/C=C\C/C=C\CC. The molecule has 0 aromatic heterocycles. The highest BCUT2D eigenvalue weighted by Crippen LogP contribution is 2.15. The molecule has 73 heavy (non-hydrogen) atoms. The quantitative estimate of drug-likeness (QED) is 0.0261. The van der Waals surface area contributed by atoms with Gasteiger partial charge in [0.2, 0.25) is 0 Å². The molecule has 6 nitrogen and oxygen atoms in total. The lowest BCUT2D eigenvalue weighted by Gasteiger charge is -2.18. The third kappa shape index (κ3) is 58.8. The third-order valence-electron chi connectivity index (χ3n) is 12.8. The first-order chi connectivity index (χ1) is 36.0. The number of esters is 3. The summed E-state index contributed by atoms with van der Waals surface area (Å²) in [5.41, 5.74) is 0. The lowest BCUT2D eigenvalue weighted by molar-refractivity contribution is -0.167. The van der Waals surface area contributed by atoms with Crippen molar-refractivity contribution >= 4 is 17.9 Å². The van der Waals surface area contributed by atoms with Crippen LogP contribution in [0.2, 0.25) is 0 Å². The van der Waals surface area contributed by atoms with Crippen LogP contribution in [0, 0.1) is 0 Å². The van der Waals surface area contributed by atoms with E-state index in [-0.39, 0.29) is 31.1 Å². The van der Waals surface area contributed by atoms with E-state index < -0.39 is 6.10 Å². The van der Waals surface area contributed by atoms with Gasteiger partial charge >= 0.3 is 17.9 Å². The Morgan fingerprint density at radius 1 is 0.288 bits per heavy atom. The Balaban J connectivity index is 4.40. The van der Waals surface area contributed by atoms with Gasteiger partial charge in [0.25, 0.3) is 0 Å². The molecule has 0 aromatic rings. The van der Waals surface area contributed by atoms with E-state index in [0.29, 0.717) is 19.3 Å². The molecule has 0 aromatic carbocycles. The first-order valence-corrected chi connectivity index (χ1v) is 30.4. The lowest BCUT2D eigenvalue weighted by atomic mass is 10.0. The van der Waals surface area contributed by atoms with Crippen molar-refractivity contribution < 1.29 is 28.6 Å². The second-order valence-corrected chi connectivity index (χ2v) is 19.9. The maximum absolute atomic E-state index is 12.9. The average molecular weight is 1010 g/mol. The highest BCUT2D eigenvalue weighted by atomic mass is 16.6. The fourth-order valence-electron chi connectivity index (χ4n) is 8.28. The molecule has 0 saturated heterocycles. The predicted octanol–water partition coefficient (Wildman–Crippen LogP) is 20.7. The molecule has 1 unspecified atom stereocenters. The summed E-state index contributed by atoms with van der Waals surface area (Å²) in [6, 6.07) is 0. The largest absolute Gasteiger partial charge is 0.462 e. The van der Waals surface area contributed by atoms with Gasteiger partial charge in [0, 0.05) is 19.3 Å². The van der Waals surface area contributed by atoms with Crippen LogP contribution in [-0.2, 0) is 28.6 Å². The van der Waals surface area contributed by atoms with Crippen LogP contribution in [0.4, 0.5) is 0 Å². The number of rotatable bonds is 54. The van der Waals surface area contributed by atoms with Crippen molar-refractivity contribution in [1.29, 1.82) is 0 Å². The van der Waals surface area contributed by atoms with Gasteiger partial charge in [0.15, 0.2) is 6.10 Å². The van der Waals surface area contributed by atoms with Gasteiger partial charge in [0.05, 0.1) is 0 Å². The van der Waals surface area contributed by atoms with Crippen LogP contribution in [0.5, 0.6) is 0 Å². The Kier molecular flexibility index (Phi) is 57.4. The van der Waals surface area contributed by atoms with Crippen LogP contribution in [0.3, 0.4) is 0 Å². The van der Waals surface area contributed by atoms with E-state index in [4.69, 9.17) is 14.2 Å². The molecule has 1 atom stereocenters. The zero-order valence-electron chi connectivity index (χ0n) is 47.6. The highest BCUT2D eigenvalue weighted by Gasteiger charge is 2.19. The molecule has 0 bridgehead atoms. The van der Waals surface area contributed by atoms with Gasteiger partial charge in [-0.05, 0) is 103 Å². The molecular weight excluding hydrogens is 901 g/mol. The number of ether oxygens (including phenoxy) is 3. The van der Waals surface area contributed by atoms with Crippen molar-refractivity contribution in [1.82, 2.24) is 0 Å². The van der Waals surface area contributed by atoms with Gasteiger partial charge in [-0.1, -0.05) is 265 Å². The van der Waals surface area contributed by atoms with Crippen LogP contribution in [0.15, 0.2) is 109 Å². The van der Waals surface area contributed by atoms with Crippen molar-refractivity contribution in [2.45, 2.75) is 284 Å². The molecule has 0 N–H and O–H groups in total. The maximum Gasteiger partial charge on any atom is 0.306 e. The Bertz CT molecular complexity index is 1490. The molecule has 0 aliphatic rings. The number of unbranched alkanes of at least 4 members (excludes halogenated alkanes) is 25. The van der Waals surface area contributed by atoms with Crippen molar-refractivity contribution in [3.8, 4) is 0 Å². The molecule has 0 aliphatic carbocycles. The van der Waals surface area contributed by atoms with Gasteiger partial charge < -0.3 is 14.2 Å². The minimum Gasteiger partial charge on any atom is -0.462 e. The zero-order chi connectivity index (χ0) is 52.9. The van der Waals surface area contributed by atoms with Crippen molar-refractivity contribution in [3.05, 3.63) is 109 Å². The van der Waals surface area contributed by atoms with E-state index in [9.17, 15) is 14.4 Å². The van der Waals surface area contributed by atoms with Gasteiger partial charge in [0.1, 0.15) is 13.2 Å². The van der Waals surface area contributed by atoms with Crippen molar-refractivity contribution in [2.75, 3.05) is 13.2 Å². The number of allylic oxidation sites excluding steroid dienone is 18. The number of hydrogen-bond acceptors (Lipinski definition) is 6. The van der Waals surface area contributed by atoms with Crippen LogP contribution >= 0.6 is 0 Å². The summed E-state index contributed by atoms with van der Waals surface area (Å²) in [6.07, 6.45) is 82.2. The Hall–Kier alpha value is -3.93. The lowest BCUT2D eigenvalue weighted by Crippen LogP contribution is -2.30. The van der Waals surface area contributed by atoms with Crippen LogP contribution in [-0.4, -0.2) is 37.2 Å². The summed E-state index contributed by atoms with van der Waals surface area (Å²) in [5.74, 6) is -0.907. The second kappa shape index (κ2) is 60.6. The zero-order valence-corrected chi connectivity index (χ0v) is 47.6. The van der Waals surface area contributed by atoms with Gasteiger partial charge in [-0.3, -0.25) is 14.4 Å². The third-order valence-corrected chi connectivity index (χ3v) is 12.8. The fraction of sp³-hybridized carbons (Fsp3) is 0.687. The van der Waals surface area contributed by atoms with Crippen LogP contribution in [0.25, 0.3) is 0 Å². The maximum atomic E-state index is 12.9. The molecule has 0 amide bonds. The molecule has 416 valence electrons. The average Bonchev–Trinajstić information content (AvgIpc) is 3.39. The second-order valence-electron chi connectivity index (χ2n) is 19.9. The van der Waals surface area contributed by atoms with E-state index in [1.165, 1.54) is 103 Å². The first kappa shape index (κ1) is 69.1. The smallest absolute Gasteiger partial charge is 0.306 e. The predicted molar refractivity (Wildman–Crippen MR) is 316 cm³/mol. The van der Waals surface area contributed by atoms with E-state index in [1.54, 1.807) is 0 Å². The molecule has 0 saturated carbocycles. The Labute approximate surface area is 450 Å². The van der Waals surface area contributed by atoms with Crippen molar-refractivity contribution in [2.24, 2.45) is 0 Å². The standard InChI is InChI=1S/C67H112O6/c1-4-7-10-13-16-19-22-25-27-29-31-32-33-34-36-37-39-42-45-48-51-54-57-60-66(69)72-63-64(62-71-65(68)59-56-53-50-47-44-41-24-21-18-15-12-9-6-3)73-67(70)61-58-55-52-49-46-43-40-38-35-30-28-26-23-20-17-14-11-8-5-2/h7-8,10-11,16-17,19-20,25-28,31-32,34-36,38,64H,4-6,9,12-15,18,21-24,29-30,33,37,39-63H2,1-3H3/b10-7-,11-8-,19-16-,20-17-,27-25-,28-26-,32-31-,36-34-,38-35-. The summed E-state index contributed by atoms with van der Waals surface area (Å²) >= 11 is 0. The molecule has 0 heterocycles. The summed E-state index contributed by atoms with van der Waals surface area (Å²) in [7, 11) is 0. The minimum atomic E-state index is -0.792. The summed E-state index contributed by atoms with van der Waals surface area (Å²) in [4.78, 5) is 38.3. The normalized spacial score (nSPS) is 12.9. The molecular formula is C67H112O6. The van der Waals surface area contributed by atoms with E-state index in [2.05, 4.69) is 130 Å². The molecule has 0 radical (unpaired) electrons. The Morgan fingerprint density at radius 3 is 0.836 bits per heavy atom. The number of hydrogen-bond donors (Lipinski definition) is 0. The van der Waals surface area contributed by atoms with Gasteiger partial charge in [-0.15, -0.1) is 0 Å². The van der Waals surface area contributed by atoms with E-state index >= 15 is 0 Å². The molecule has 0 spiro atoms.